The fraction of sp³-hybridized carbons (Fsp3) is 0.933. The molecule has 2 aliphatic rings. The highest BCUT2D eigenvalue weighted by atomic mass is 35.5. The third-order valence-corrected chi connectivity index (χ3v) is 4.81. The number of nitrogens with one attached hydrogen (secondary N) is 2. The molecular formula is C15H29ClN2O. The van der Waals surface area contributed by atoms with Crippen LogP contribution < -0.4 is 10.6 Å². The third kappa shape index (κ3) is 5.31. The van der Waals surface area contributed by atoms with Crippen LogP contribution in [-0.2, 0) is 4.79 Å². The number of amides is 1. The molecule has 1 atom stereocenters. The van der Waals surface area contributed by atoms with Gasteiger partial charge in [0.15, 0.2) is 0 Å². The van der Waals surface area contributed by atoms with E-state index in [4.69, 9.17) is 0 Å². The van der Waals surface area contributed by atoms with E-state index in [1.165, 1.54) is 25.7 Å². The van der Waals surface area contributed by atoms with Crippen LogP contribution >= 0.6 is 12.4 Å². The van der Waals surface area contributed by atoms with E-state index in [0.29, 0.717) is 11.8 Å². The van der Waals surface area contributed by atoms with Gasteiger partial charge in [-0.3, -0.25) is 4.79 Å². The molecule has 1 aliphatic heterocycles. The van der Waals surface area contributed by atoms with Gasteiger partial charge in [-0.2, -0.15) is 0 Å². The first-order chi connectivity index (χ1) is 8.79. The molecule has 1 unspecified atom stereocenters. The predicted octanol–water partition coefficient (Wildman–Crippen LogP) is 2.74. The minimum Gasteiger partial charge on any atom is -0.356 e. The zero-order valence-corrected chi connectivity index (χ0v) is 12.9. The first-order valence-electron chi connectivity index (χ1n) is 7.78. The van der Waals surface area contributed by atoms with Crippen molar-refractivity contribution in [3.8, 4) is 0 Å². The largest absolute Gasteiger partial charge is 0.356 e. The van der Waals surface area contributed by atoms with E-state index in [1.54, 1.807) is 0 Å². The molecule has 2 N–H and O–H groups in total. The summed E-state index contributed by atoms with van der Waals surface area (Å²) in [5.41, 5.74) is 0. The first kappa shape index (κ1) is 16.8. The van der Waals surface area contributed by atoms with E-state index in [0.717, 1.165) is 50.7 Å². The third-order valence-electron chi connectivity index (χ3n) is 4.81. The summed E-state index contributed by atoms with van der Waals surface area (Å²) < 4.78 is 0. The van der Waals surface area contributed by atoms with Crippen molar-refractivity contribution in [3.05, 3.63) is 0 Å². The molecule has 3 nitrogen and oxygen atoms in total. The molecule has 0 spiro atoms. The van der Waals surface area contributed by atoms with Gasteiger partial charge in [0.25, 0.3) is 0 Å². The highest BCUT2D eigenvalue weighted by Crippen LogP contribution is 2.30. The van der Waals surface area contributed by atoms with Crippen molar-refractivity contribution in [2.45, 2.75) is 51.9 Å². The Labute approximate surface area is 123 Å². The standard InChI is InChI=1S/C15H28N2O.ClH/c1-2-12-3-5-14(6-4-12)15(18)17-10-8-13-7-9-16-11-13;/h12-14,16H,2-11H2,1H3,(H,17,18);1H. The topological polar surface area (TPSA) is 41.1 Å². The summed E-state index contributed by atoms with van der Waals surface area (Å²) in [6.45, 7) is 5.43. The van der Waals surface area contributed by atoms with Crippen molar-refractivity contribution in [3.63, 3.8) is 0 Å². The SMILES string of the molecule is CCC1CCC(C(=O)NCCC2CCNC2)CC1.Cl. The molecule has 0 radical (unpaired) electrons. The highest BCUT2D eigenvalue weighted by molar-refractivity contribution is 5.85. The molecule has 0 aromatic heterocycles. The van der Waals surface area contributed by atoms with Crippen molar-refractivity contribution in [1.82, 2.24) is 10.6 Å². The van der Waals surface area contributed by atoms with Gasteiger partial charge in [-0.15, -0.1) is 12.4 Å². The first-order valence-corrected chi connectivity index (χ1v) is 7.78. The lowest BCUT2D eigenvalue weighted by Gasteiger charge is -2.27. The second-order valence-corrected chi connectivity index (χ2v) is 6.06. The van der Waals surface area contributed by atoms with Crippen LogP contribution in [0.1, 0.15) is 51.9 Å². The molecule has 1 saturated carbocycles. The lowest BCUT2D eigenvalue weighted by atomic mass is 9.80. The monoisotopic (exact) mass is 288 g/mol. The van der Waals surface area contributed by atoms with E-state index < -0.39 is 0 Å². The van der Waals surface area contributed by atoms with E-state index in [9.17, 15) is 4.79 Å². The van der Waals surface area contributed by atoms with Gasteiger partial charge in [-0.25, -0.2) is 0 Å². The van der Waals surface area contributed by atoms with Crippen LogP contribution in [0.15, 0.2) is 0 Å². The molecule has 112 valence electrons. The molecule has 4 heteroatoms. The lowest BCUT2D eigenvalue weighted by molar-refractivity contribution is -0.126. The number of carbonyl (C=O) groups excluding carboxylic acids is 1. The minimum absolute atomic E-state index is 0. The second-order valence-electron chi connectivity index (χ2n) is 6.06. The van der Waals surface area contributed by atoms with Crippen LogP contribution in [-0.4, -0.2) is 25.5 Å². The Bertz CT molecular complexity index is 259. The summed E-state index contributed by atoms with van der Waals surface area (Å²) in [7, 11) is 0. The average Bonchev–Trinajstić information content (AvgIpc) is 2.92. The van der Waals surface area contributed by atoms with Crippen molar-refractivity contribution in [2.75, 3.05) is 19.6 Å². The minimum atomic E-state index is 0. The quantitative estimate of drug-likeness (QED) is 0.817. The molecule has 2 fully saturated rings. The zero-order valence-electron chi connectivity index (χ0n) is 12.1. The molecule has 19 heavy (non-hydrogen) atoms. The number of halogens is 1. The van der Waals surface area contributed by atoms with E-state index >= 15 is 0 Å². The number of rotatable bonds is 5. The van der Waals surface area contributed by atoms with Gasteiger partial charge in [0, 0.05) is 12.5 Å². The summed E-state index contributed by atoms with van der Waals surface area (Å²) in [5.74, 6) is 2.27. The Hall–Kier alpha value is -0.280. The van der Waals surface area contributed by atoms with Crippen LogP contribution in [0.5, 0.6) is 0 Å². The van der Waals surface area contributed by atoms with Gasteiger partial charge in [-0.1, -0.05) is 13.3 Å². The van der Waals surface area contributed by atoms with Crippen LogP contribution in [0.25, 0.3) is 0 Å². The Morgan fingerprint density at radius 3 is 2.47 bits per heavy atom. The normalized spacial score (nSPS) is 30.7. The summed E-state index contributed by atoms with van der Waals surface area (Å²) in [6, 6.07) is 0. The molecule has 0 bridgehead atoms. The maximum absolute atomic E-state index is 12.0. The summed E-state index contributed by atoms with van der Waals surface area (Å²) in [6.07, 6.45) is 8.41. The van der Waals surface area contributed by atoms with Crippen molar-refractivity contribution in [2.24, 2.45) is 17.8 Å². The highest BCUT2D eigenvalue weighted by Gasteiger charge is 2.25. The van der Waals surface area contributed by atoms with Crippen molar-refractivity contribution >= 4 is 18.3 Å². The smallest absolute Gasteiger partial charge is 0.223 e. The van der Waals surface area contributed by atoms with Crippen molar-refractivity contribution in [1.29, 1.82) is 0 Å². The number of carbonyl (C=O) groups is 1. The molecule has 1 amide bonds. The molecule has 2 rings (SSSR count). The predicted molar refractivity (Wildman–Crippen MR) is 81.6 cm³/mol. The molecular weight excluding hydrogens is 260 g/mol. The second kappa shape index (κ2) is 8.80. The van der Waals surface area contributed by atoms with E-state index in [-0.39, 0.29) is 12.4 Å². The summed E-state index contributed by atoms with van der Waals surface area (Å²) in [5, 5.41) is 6.52. The molecule has 1 saturated heterocycles. The average molecular weight is 289 g/mol. The fourth-order valence-electron chi connectivity index (χ4n) is 3.34. The van der Waals surface area contributed by atoms with Crippen molar-refractivity contribution < 1.29 is 4.79 Å². The van der Waals surface area contributed by atoms with E-state index in [1.807, 2.05) is 0 Å². The van der Waals surface area contributed by atoms with Crippen LogP contribution in [0.2, 0.25) is 0 Å². The maximum atomic E-state index is 12.0. The number of hydrogen-bond donors (Lipinski definition) is 2. The van der Waals surface area contributed by atoms with Gasteiger partial charge >= 0.3 is 0 Å². The summed E-state index contributed by atoms with van der Waals surface area (Å²) in [4.78, 5) is 12.0. The fourth-order valence-corrected chi connectivity index (χ4v) is 3.34. The van der Waals surface area contributed by atoms with Gasteiger partial charge in [0.05, 0.1) is 0 Å². The van der Waals surface area contributed by atoms with Gasteiger partial charge in [0.1, 0.15) is 0 Å². The molecule has 0 aromatic rings. The zero-order chi connectivity index (χ0) is 12.8. The lowest BCUT2D eigenvalue weighted by Crippen LogP contribution is -2.34. The molecule has 0 aromatic carbocycles. The van der Waals surface area contributed by atoms with Gasteiger partial charge in [0.2, 0.25) is 5.91 Å². The Kier molecular flexibility index (Phi) is 7.77. The Morgan fingerprint density at radius 1 is 1.16 bits per heavy atom. The maximum Gasteiger partial charge on any atom is 0.223 e. The van der Waals surface area contributed by atoms with Gasteiger partial charge < -0.3 is 10.6 Å². The Balaban J connectivity index is 0.00000180. The summed E-state index contributed by atoms with van der Waals surface area (Å²) >= 11 is 0. The Morgan fingerprint density at radius 2 is 1.89 bits per heavy atom. The molecule has 1 aliphatic carbocycles. The van der Waals surface area contributed by atoms with Crippen LogP contribution in [0.3, 0.4) is 0 Å². The molecule has 1 heterocycles. The van der Waals surface area contributed by atoms with Gasteiger partial charge in [-0.05, 0) is 63.5 Å². The van der Waals surface area contributed by atoms with Crippen LogP contribution in [0.4, 0.5) is 0 Å². The van der Waals surface area contributed by atoms with E-state index in [2.05, 4.69) is 17.6 Å². The number of hydrogen-bond acceptors (Lipinski definition) is 2. The van der Waals surface area contributed by atoms with Crippen LogP contribution in [0, 0.1) is 17.8 Å².